The highest BCUT2D eigenvalue weighted by molar-refractivity contribution is 6.31. The van der Waals surface area contributed by atoms with E-state index in [1.165, 1.54) is 0 Å². The van der Waals surface area contributed by atoms with Gasteiger partial charge in [0.2, 0.25) is 0 Å². The fourth-order valence-electron chi connectivity index (χ4n) is 1.25. The first-order valence-corrected chi connectivity index (χ1v) is 4.50. The molecule has 1 N–H and O–H groups in total. The third-order valence-electron chi connectivity index (χ3n) is 1.89. The number of rotatable bonds is 0. The molecule has 0 saturated heterocycles. The van der Waals surface area contributed by atoms with Crippen LogP contribution < -0.4 is 10.1 Å². The Morgan fingerprint density at radius 1 is 1.47 bits per heavy atom. The summed E-state index contributed by atoms with van der Waals surface area (Å²) in [6.07, 6.45) is -4.50. The van der Waals surface area contributed by atoms with Crippen molar-refractivity contribution in [3.05, 3.63) is 16.9 Å². The Bertz CT molecular complexity index is 394. The number of hydrogen-bond donors (Lipinski definition) is 1. The molecule has 2 rings (SSSR count). The maximum atomic E-state index is 12.3. The zero-order chi connectivity index (χ0) is 11.1. The monoisotopic (exact) mass is 238 g/mol. The van der Waals surface area contributed by atoms with E-state index in [2.05, 4.69) is 10.3 Å². The van der Waals surface area contributed by atoms with Gasteiger partial charge in [-0.1, -0.05) is 11.6 Å². The number of aromatic nitrogens is 1. The van der Waals surface area contributed by atoms with Crippen LogP contribution in [0.1, 0.15) is 5.69 Å². The zero-order valence-electron chi connectivity index (χ0n) is 7.36. The summed E-state index contributed by atoms with van der Waals surface area (Å²) in [6, 6.07) is 0.889. The molecule has 15 heavy (non-hydrogen) atoms. The predicted octanol–water partition coefficient (Wildman–Crippen LogP) is 2.56. The number of hydrogen-bond acceptors (Lipinski definition) is 3. The van der Waals surface area contributed by atoms with Crippen molar-refractivity contribution >= 4 is 17.3 Å². The third kappa shape index (κ3) is 1.94. The molecule has 0 aliphatic carbocycles. The van der Waals surface area contributed by atoms with Gasteiger partial charge in [-0.25, -0.2) is 4.98 Å². The van der Waals surface area contributed by atoms with Crippen molar-refractivity contribution in [1.82, 2.24) is 4.98 Å². The van der Waals surface area contributed by atoms with Crippen LogP contribution in [0.3, 0.4) is 0 Å². The molecule has 2 heterocycles. The Morgan fingerprint density at radius 3 is 2.87 bits per heavy atom. The van der Waals surface area contributed by atoms with Crippen LogP contribution >= 0.6 is 11.6 Å². The van der Waals surface area contributed by atoms with Gasteiger partial charge in [0.15, 0.2) is 10.9 Å². The molecule has 1 aromatic rings. The molecule has 1 aliphatic heterocycles. The van der Waals surface area contributed by atoms with Gasteiger partial charge >= 0.3 is 6.18 Å². The molecule has 82 valence electrons. The minimum absolute atomic E-state index is 0.177. The van der Waals surface area contributed by atoms with Crippen molar-refractivity contribution in [2.45, 2.75) is 6.18 Å². The Kier molecular flexibility index (Phi) is 2.38. The lowest BCUT2D eigenvalue weighted by atomic mass is 10.2. The highest BCUT2D eigenvalue weighted by Crippen LogP contribution is 2.38. The fourth-order valence-corrected chi connectivity index (χ4v) is 1.50. The second kappa shape index (κ2) is 3.44. The number of pyridine rings is 1. The Labute approximate surface area is 88.2 Å². The summed E-state index contributed by atoms with van der Waals surface area (Å²) in [5, 5.41) is 2.50. The highest BCUT2D eigenvalue weighted by atomic mass is 35.5. The molecule has 7 heteroatoms. The van der Waals surface area contributed by atoms with Crippen LogP contribution in [0.25, 0.3) is 0 Å². The molecule has 1 aromatic heterocycles. The summed E-state index contributed by atoms with van der Waals surface area (Å²) < 4.78 is 42.1. The number of halogens is 4. The van der Waals surface area contributed by atoms with E-state index < -0.39 is 11.9 Å². The van der Waals surface area contributed by atoms with Gasteiger partial charge in [-0.15, -0.1) is 0 Å². The molecule has 0 amide bonds. The summed E-state index contributed by atoms with van der Waals surface area (Å²) in [4.78, 5) is 3.23. The SMILES string of the molecule is FC(F)(F)c1cc2c(c(Cl)n1)OCCN2. The van der Waals surface area contributed by atoms with E-state index in [0.29, 0.717) is 13.2 Å². The molecule has 0 bridgehead atoms. The number of nitrogens with zero attached hydrogens (tertiary/aromatic N) is 1. The molecule has 0 radical (unpaired) electrons. The maximum absolute atomic E-state index is 12.3. The average Bonchev–Trinajstić information content (AvgIpc) is 2.16. The zero-order valence-corrected chi connectivity index (χ0v) is 8.11. The molecular weight excluding hydrogens is 233 g/mol. The van der Waals surface area contributed by atoms with E-state index in [-0.39, 0.29) is 16.6 Å². The van der Waals surface area contributed by atoms with Gasteiger partial charge in [-0.2, -0.15) is 13.2 Å². The van der Waals surface area contributed by atoms with Crippen LogP contribution in [-0.2, 0) is 6.18 Å². The topological polar surface area (TPSA) is 34.1 Å². The van der Waals surface area contributed by atoms with Gasteiger partial charge in [-0.3, -0.25) is 0 Å². The van der Waals surface area contributed by atoms with E-state index in [0.717, 1.165) is 6.07 Å². The summed E-state index contributed by atoms with van der Waals surface area (Å²) in [6.45, 7) is 0.810. The van der Waals surface area contributed by atoms with E-state index in [9.17, 15) is 13.2 Å². The number of fused-ring (bicyclic) bond motifs is 1. The van der Waals surface area contributed by atoms with Crippen LogP contribution in [0.4, 0.5) is 18.9 Å². The lowest BCUT2D eigenvalue weighted by molar-refractivity contribution is -0.141. The average molecular weight is 239 g/mol. The number of ether oxygens (including phenoxy) is 1. The minimum atomic E-state index is -4.50. The van der Waals surface area contributed by atoms with Crippen molar-refractivity contribution in [3.8, 4) is 5.75 Å². The van der Waals surface area contributed by atoms with Gasteiger partial charge in [-0.05, 0) is 6.07 Å². The van der Waals surface area contributed by atoms with E-state index in [1.54, 1.807) is 0 Å². The first-order valence-electron chi connectivity index (χ1n) is 4.13. The Morgan fingerprint density at radius 2 is 2.20 bits per heavy atom. The molecule has 3 nitrogen and oxygen atoms in total. The summed E-state index contributed by atoms with van der Waals surface area (Å²) in [5.74, 6) is 0.177. The first-order chi connectivity index (χ1) is 6.98. The van der Waals surface area contributed by atoms with E-state index in [4.69, 9.17) is 16.3 Å². The standard InChI is InChI=1S/C8H6ClF3N2O/c9-7-6-4(13-1-2-15-6)3-5(14-7)8(10,11)12/h3,13H,1-2H2. The Hall–Kier alpha value is -1.17. The molecule has 0 atom stereocenters. The normalized spacial score (nSPS) is 15.2. The highest BCUT2D eigenvalue weighted by Gasteiger charge is 2.34. The van der Waals surface area contributed by atoms with Crippen molar-refractivity contribution in [1.29, 1.82) is 0 Å². The van der Waals surface area contributed by atoms with Gasteiger partial charge in [0.25, 0.3) is 0 Å². The van der Waals surface area contributed by atoms with Crippen LogP contribution in [0.5, 0.6) is 5.75 Å². The van der Waals surface area contributed by atoms with Crippen LogP contribution in [0, 0.1) is 0 Å². The second-order valence-corrected chi connectivity index (χ2v) is 3.31. The lowest BCUT2D eigenvalue weighted by Crippen LogP contribution is -2.20. The maximum Gasteiger partial charge on any atom is 0.433 e. The van der Waals surface area contributed by atoms with Gasteiger partial charge < -0.3 is 10.1 Å². The summed E-state index contributed by atoms with van der Waals surface area (Å²) in [5.41, 5.74) is -0.794. The van der Waals surface area contributed by atoms with Crippen LogP contribution in [0.15, 0.2) is 6.07 Å². The van der Waals surface area contributed by atoms with Crippen LogP contribution in [0.2, 0.25) is 5.15 Å². The van der Waals surface area contributed by atoms with Gasteiger partial charge in [0.1, 0.15) is 12.3 Å². The van der Waals surface area contributed by atoms with Crippen LogP contribution in [-0.4, -0.2) is 18.1 Å². The second-order valence-electron chi connectivity index (χ2n) is 2.95. The smallest absolute Gasteiger partial charge is 0.433 e. The lowest BCUT2D eigenvalue weighted by Gasteiger charge is -2.20. The minimum Gasteiger partial charge on any atom is -0.486 e. The number of alkyl halides is 3. The van der Waals surface area contributed by atoms with Gasteiger partial charge in [0, 0.05) is 6.54 Å². The molecule has 0 saturated carbocycles. The predicted molar refractivity (Wildman–Crippen MR) is 48.2 cm³/mol. The quantitative estimate of drug-likeness (QED) is 0.706. The van der Waals surface area contributed by atoms with Gasteiger partial charge in [0.05, 0.1) is 5.69 Å². The van der Waals surface area contributed by atoms with E-state index in [1.807, 2.05) is 0 Å². The Balaban J connectivity index is 2.50. The molecule has 0 aromatic carbocycles. The fraction of sp³-hybridized carbons (Fsp3) is 0.375. The first kappa shape index (κ1) is 10.4. The summed E-state index contributed by atoms with van der Waals surface area (Å²) in [7, 11) is 0. The van der Waals surface area contributed by atoms with Crippen molar-refractivity contribution in [2.24, 2.45) is 0 Å². The molecule has 1 aliphatic rings. The molecular formula is C8H6ClF3N2O. The van der Waals surface area contributed by atoms with E-state index >= 15 is 0 Å². The largest absolute Gasteiger partial charge is 0.486 e. The third-order valence-corrected chi connectivity index (χ3v) is 2.14. The molecule has 0 spiro atoms. The molecule has 0 fully saturated rings. The summed E-state index contributed by atoms with van der Waals surface area (Å²) >= 11 is 5.58. The number of nitrogens with one attached hydrogen (secondary N) is 1. The van der Waals surface area contributed by atoms with Crippen molar-refractivity contribution in [3.63, 3.8) is 0 Å². The van der Waals surface area contributed by atoms with Crippen molar-refractivity contribution < 1.29 is 17.9 Å². The molecule has 0 unspecified atom stereocenters. The number of anilines is 1. The van der Waals surface area contributed by atoms with Crippen molar-refractivity contribution in [2.75, 3.05) is 18.5 Å².